The van der Waals surface area contributed by atoms with Gasteiger partial charge in [-0.1, -0.05) is 48.2 Å². The maximum absolute atomic E-state index is 13.5. The van der Waals surface area contributed by atoms with E-state index in [-0.39, 0.29) is 5.69 Å². The van der Waals surface area contributed by atoms with Crippen LogP contribution in [-0.4, -0.2) is 45.7 Å². The predicted molar refractivity (Wildman–Crippen MR) is 149 cm³/mol. The van der Waals surface area contributed by atoms with E-state index < -0.39 is 25.2 Å². The van der Waals surface area contributed by atoms with Crippen molar-refractivity contribution in [3.63, 3.8) is 0 Å². The zero-order valence-corrected chi connectivity index (χ0v) is 22.3. The van der Waals surface area contributed by atoms with E-state index in [1.165, 1.54) is 16.9 Å². The number of ether oxygens (including phenoxy) is 1. The Kier molecular flexibility index (Phi) is 8.47. The quantitative estimate of drug-likeness (QED) is 0.226. The highest BCUT2D eigenvalue weighted by molar-refractivity contribution is 5.94. The summed E-state index contributed by atoms with van der Waals surface area (Å²) in [6, 6.07) is 14.2. The lowest BCUT2D eigenvalue weighted by molar-refractivity contribution is -0.132. The molecule has 0 bridgehead atoms. The summed E-state index contributed by atoms with van der Waals surface area (Å²) >= 11 is 0. The van der Waals surface area contributed by atoms with Crippen molar-refractivity contribution in [1.29, 1.82) is 0 Å². The van der Waals surface area contributed by atoms with Crippen LogP contribution >= 0.6 is 0 Å². The third-order valence-electron chi connectivity index (χ3n) is 6.23. The van der Waals surface area contributed by atoms with Gasteiger partial charge >= 0.3 is 6.18 Å². The zero-order valence-electron chi connectivity index (χ0n) is 22.3. The number of hydrogen-bond acceptors (Lipinski definition) is 5. The minimum Gasteiger partial charge on any atom is -0.496 e. The number of carbonyl (C=O) groups is 1. The molecule has 10 heteroatoms. The molecule has 206 valence electrons. The molecule has 0 unspecified atom stereocenters. The Morgan fingerprint density at radius 3 is 2.62 bits per heavy atom. The fraction of sp³-hybridized carbons (Fsp3) is 0.200. The fourth-order valence-corrected chi connectivity index (χ4v) is 4.31. The summed E-state index contributed by atoms with van der Waals surface area (Å²) < 4.78 is 47.4. The molecular weight excluding hydrogens is 519 g/mol. The summed E-state index contributed by atoms with van der Waals surface area (Å²) in [6.45, 7) is 5.33. The lowest BCUT2D eigenvalue weighted by Crippen LogP contribution is -2.41. The van der Waals surface area contributed by atoms with Crippen LogP contribution in [0.5, 0.6) is 5.75 Å². The molecule has 0 fully saturated rings. The molecule has 0 saturated carbocycles. The van der Waals surface area contributed by atoms with Gasteiger partial charge < -0.3 is 9.64 Å². The van der Waals surface area contributed by atoms with Gasteiger partial charge in [-0.2, -0.15) is 13.2 Å². The van der Waals surface area contributed by atoms with Crippen molar-refractivity contribution < 1.29 is 22.7 Å². The monoisotopic (exact) mass is 547 g/mol. The number of halogens is 3. The molecule has 0 atom stereocenters. The number of pyridine rings is 1. The van der Waals surface area contributed by atoms with E-state index in [0.717, 1.165) is 21.7 Å². The molecule has 2 aromatic heterocycles. The van der Waals surface area contributed by atoms with Crippen LogP contribution in [0.3, 0.4) is 0 Å². The molecule has 0 aliphatic heterocycles. The van der Waals surface area contributed by atoms with E-state index in [9.17, 15) is 18.0 Å². The number of nitrogens with zero attached hydrogens (tertiary/aromatic N) is 5. The molecule has 7 nitrogen and oxygen atoms in total. The first-order valence-corrected chi connectivity index (χ1v) is 12.4. The van der Waals surface area contributed by atoms with Gasteiger partial charge in [0.1, 0.15) is 24.5 Å². The second kappa shape index (κ2) is 12.0. The highest BCUT2D eigenvalue weighted by Crippen LogP contribution is 2.34. The van der Waals surface area contributed by atoms with E-state index in [1.807, 2.05) is 31.2 Å². The Bertz CT molecular complexity index is 1560. The minimum absolute atomic E-state index is 0.167. The average molecular weight is 548 g/mol. The third kappa shape index (κ3) is 6.63. The van der Waals surface area contributed by atoms with E-state index >= 15 is 0 Å². The number of amides is 1. The Morgan fingerprint density at radius 1 is 1.12 bits per heavy atom. The number of allylic oxidation sites excluding steroid dienone is 2. The van der Waals surface area contributed by atoms with E-state index in [1.54, 1.807) is 56.7 Å². The second-order valence-electron chi connectivity index (χ2n) is 9.08. The van der Waals surface area contributed by atoms with Gasteiger partial charge in [0.2, 0.25) is 5.91 Å². The molecule has 0 N–H and O–H groups in total. The maximum Gasteiger partial charge on any atom is 0.406 e. The molecule has 2 heterocycles. The molecule has 40 heavy (non-hydrogen) atoms. The first-order chi connectivity index (χ1) is 19.1. The van der Waals surface area contributed by atoms with Gasteiger partial charge in [0, 0.05) is 28.7 Å². The summed E-state index contributed by atoms with van der Waals surface area (Å²) in [4.78, 5) is 18.2. The van der Waals surface area contributed by atoms with Gasteiger partial charge in [-0.05, 0) is 60.9 Å². The van der Waals surface area contributed by atoms with Crippen LogP contribution in [0.15, 0.2) is 79.7 Å². The van der Waals surface area contributed by atoms with Gasteiger partial charge in [-0.15, -0.1) is 5.10 Å². The van der Waals surface area contributed by atoms with Crippen molar-refractivity contribution in [1.82, 2.24) is 20.0 Å². The van der Waals surface area contributed by atoms with E-state index in [4.69, 9.17) is 4.74 Å². The van der Waals surface area contributed by atoms with Gasteiger partial charge in [0.05, 0.1) is 13.3 Å². The van der Waals surface area contributed by atoms with Crippen LogP contribution in [0.25, 0.3) is 28.5 Å². The number of hydrogen-bond donors (Lipinski definition) is 0. The minimum atomic E-state index is -4.60. The van der Waals surface area contributed by atoms with Crippen molar-refractivity contribution in [3.8, 4) is 28.1 Å². The molecule has 4 aromatic rings. The SMILES string of the molecule is C=CC=Cc1cccc(N(CC(F)(F)F)C(=O)Cn2cc(-c3ccc(-c4ccnc(C)c4)c(OC)c3)nn2)c1C. The van der Waals surface area contributed by atoms with Gasteiger partial charge in [-0.3, -0.25) is 9.78 Å². The number of benzene rings is 2. The highest BCUT2D eigenvalue weighted by Gasteiger charge is 2.34. The van der Waals surface area contributed by atoms with Gasteiger partial charge in [-0.25, -0.2) is 4.68 Å². The normalized spacial score (nSPS) is 11.6. The molecule has 4 rings (SSSR count). The van der Waals surface area contributed by atoms with Crippen LogP contribution in [0.2, 0.25) is 0 Å². The van der Waals surface area contributed by atoms with Crippen LogP contribution < -0.4 is 9.64 Å². The predicted octanol–water partition coefficient (Wildman–Crippen LogP) is 6.43. The highest BCUT2D eigenvalue weighted by atomic mass is 19.4. The van der Waals surface area contributed by atoms with Crippen molar-refractivity contribution in [2.24, 2.45) is 0 Å². The number of anilines is 1. The number of rotatable bonds is 9. The van der Waals surface area contributed by atoms with Crippen molar-refractivity contribution in [2.45, 2.75) is 26.6 Å². The van der Waals surface area contributed by atoms with Crippen molar-refractivity contribution in [3.05, 3.63) is 96.5 Å². The number of aryl methyl sites for hydroxylation is 1. The summed E-state index contributed by atoms with van der Waals surface area (Å²) in [5.74, 6) is -0.173. The standard InChI is InChI=1S/C30H28F3N5O2/c1-5-6-8-22-9-7-10-27(21(22)3)38(19-30(31,32)33)29(39)18-37-17-26(35-36-37)24-11-12-25(28(16-24)40-4)23-13-14-34-20(2)15-23/h5-17H,1,18-19H2,2-4H3. The summed E-state index contributed by atoms with van der Waals surface area (Å²) in [5.41, 5.74) is 5.17. The Morgan fingerprint density at radius 2 is 1.93 bits per heavy atom. The van der Waals surface area contributed by atoms with Crippen LogP contribution in [0.4, 0.5) is 18.9 Å². The summed E-state index contributed by atoms with van der Waals surface area (Å²) in [5, 5.41) is 8.14. The largest absolute Gasteiger partial charge is 0.496 e. The first kappa shape index (κ1) is 28.3. The molecule has 0 aliphatic carbocycles. The van der Waals surface area contributed by atoms with E-state index in [0.29, 0.717) is 28.1 Å². The van der Waals surface area contributed by atoms with Crippen molar-refractivity contribution in [2.75, 3.05) is 18.6 Å². The van der Waals surface area contributed by atoms with Crippen molar-refractivity contribution >= 4 is 17.7 Å². The van der Waals surface area contributed by atoms with Crippen LogP contribution in [-0.2, 0) is 11.3 Å². The fourth-order valence-electron chi connectivity index (χ4n) is 4.31. The molecule has 2 aromatic carbocycles. The number of aromatic nitrogens is 4. The number of carbonyl (C=O) groups excluding carboxylic acids is 1. The van der Waals surface area contributed by atoms with Crippen LogP contribution in [0.1, 0.15) is 16.8 Å². The lowest BCUT2D eigenvalue weighted by Gasteiger charge is -2.26. The molecule has 0 aliphatic rings. The zero-order chi connectivity index (χ0) is 28.9. The third-order valence-corrected chi connectivity index (χ3v) is 6.23. The van der Waals surface area contributed by atoms with E-state index in [2.05, 4.69) is 21.9 Å². The van der Waals surface area contributed by atoms with Crippen LogP contribution in [0, 0.1) is 13.8 Å². The molecule has 0 saturated heterocycles. The second-order valence-corrected chi connectivity index (χ2v) is 9.08. The molecule has 1 amide bonds. The Labute approximate surface area is 230 Å². The summed E-state index contributed by atoms with van der Waals surface area (Å²) in [6.07, 6.45) is 3.60. The average Bonchev–Trinajstić information content (AvgIpc) is 3.39. The topological polar surface area (TPSA) is 73.1 Å². The first-order valence-electron chi connectivity index (χ1n) is 12.4. The smallest absolute Gasteiger partial charge is 0.406 e. The number of methoxy groups -OCH3 is 1. The molecule has 0 spiro atoms. The molecule has 0 radical (unpaired) electrons. The molecular formula is C30H28F3N5O2. The van der Waals surface area contributed by atoms with Gasteiger partial charge in [0.15, 0.2) is 0 Å². The Hall–Kier alpha value is -4.73. The Balaban J connectivity index is 1.60. The summed E-state index contributed by atoms with van der Waals surface area (Å²) in [7, 11) is 1.56. The van der Waals surface area contributed by atoms with Gasteiger partial charge in [0.25, 0.3) is 0 Å². The lowest BCUT2D eigenvalue weighted by atomic mass is 10.0. The number of alkyl halides is 3. The maximum atomic E-state index is 13.5.